The first-order valence-electron chi connectivity index (χ1n) is 6.64. The van der Waals surface area contributed by atoms with E-state index < -0.39 is 0 Å². The first kappa shape index (κ1) is 13.1. The maximum absolute atomic E-state index is 11.8. The van der Waals surface area contributed by atoms with Gasteiger partial charge in [0.15, 0.2) is 0 Å². The molecule has 1 fully saturated rings. The summed E-state index contributed by atoms with van der Waals surface area (Å²) in [4.78, 5) is 22.8. The Kier molecular flexibility index (Phi) is 4.04. The molecule has 4 heteroatoms. The van der Waals surface area contributed by atoms with Crippen LogP contribution in [0.15, 0.2) is 12.2 Å². The molecule has 0 bridgehead atoms. The molecule has 18 heavy (non-hydrogen) atoms. The molecular formula is C14H20O4. The standard InChI is InChI=1S/C14H20O4/c1-3-17-14(16)13-11-7-5-4-6-10(8-12(11)13)18-9(2)15/h4,6,10-13H,3,5,7-8H2,1-2H3/b6-4-. The Labute approximate surface area is 107 Å². The minimum atomic E-state index is -0.268. The summed E-state index contributed by atoms with van der Waals surface area (Å²) in [6.07, 6.45) is 6.51. The van der Waals surface area contributed by atoms with Gasteiger partial charge in [-0.2, -0.15) is 0 Å². The van der Waals surface area contributed by atoms with Crippen molar-refractivity contribution in [1.82, 2.24) is 0 Å². The van der Waals surface area contributed by atoms with Gasteiger partial charge in [0.2, 0.25) is 0 Å². The van der Waals surface area contributed by atoms with Crippen LogP contribution in [0.2, 0.25) is 0 Å². The third-order valence-corrected chi connectivity index (χ3v) is 3.73. The summed E-state index contributed by atoms with van der Waals surface area (Å²) in [5, 5.41) is 0. The molecule has 0 heterocycles. The number of carbonyl (C=O) groups excluding carboxylic acids is 2. The van der Waals surface area contributed by atoms with Crippen LogP contribution in [0, 0.1) is 17.8 Å². The lowest BCUT2D eigenvalue weighted by atomic mass is 10.0. The second-order valence-corrected chi connectivity index (χ2v) is 4.99. The lowest BCUT2D eigenvalue weighted by Gasteiger charge is -2.14. The highest BCUT2D eigenvalue weighted by Crippen LogP contribution is 2.53. The zero-order valence-electron chi connectivity index (χ0n) is 10.9. The predicted octanol–water partition coefficient (Wildman–Crippen LogP) is 2.08. The second kappa shape index (κ2) is 5.55. The molecule has 0 radical (unpaired) electrons. The second-order valence-electron chi connectivity index (χ2n) is 4.99. The van der Waals surface area contributed by atoms with E-state index in [0.717, 1.165) is 19.3 Å². The van der Waals surface area contributed by atoms with Crippen LogP contribution in [0.25, 0.3) is 0 Å². The molecule has 2 aliphatic rings. The van der Waals surface area contributed by atoms with Crippen LogP contribution in [0.3, 0.4) is 0 Å². The fraction of sp³-hybridized carbons (Fsp3) is 0.714. The molecule has 0 amide bonds. The Morgan fingerprint density at radius 3 is 2.78 bits per heavy atom. The summed E-state index contributed by atoms with van der Waals surface area (Å²) < 4.78 is 10.3. The summed E-state index contributed by atoms with van der Waals surface area (Å²) in [5.74, 6) is 0.388. The summed E-state index contributed by atoms with van der Waals surface area (Å²) >= 11 is 0. The van der Waals surface area contributed by atoms with Crippen molar-refractivity contribution in [1.29, 1.82) is 0 Å². The summed E-state index contributed by atoms with van der Waals surface area (Å²) in [6.45, 7) is 3.67. The van der Waals surface area contributed by atoms with Crippen LogP contribution >= 0.6 is 0 Å². The van der Waals surface area contributed by atoms with Gasteiger partial charge in [-0.3, -0.25) is 9.59 Å². The van der Waals surface area contributed by atoms with E-state index in [2.05, 4.69) is 0 Å². The zero-order valence-corrected chi connectivity index (χ0v) is 10.9. The maximum Gasteiger partial charge on any atom is 0.309 e. The molecule has 0 aromatic rings. The highest BCUT2D eigenvalue weighted by Gasteiger charge is 2.55. The minimum absolute atomic E-state index is 0.0166. The number of fused-ring (bicyclic) bond motifs is 1. The van der Waals surface area contributed by atoms with E-state index in [0.29, 0.717) is 18.4 Å². The van der Waals surface area contributed by atoms with Crippen LogP contribution in [0.4, 0.5) is 0 Å². The average Bonchev–Trinajstić information content (AvgIpc) is 2.92. The molecular weight excluding hydrogens is 232 g/mol. The van der Waals surface area contributed by atoms with Crippen LogP contribution in [-0.4, -0.2) is 24.6 Å². The Morgan fingerprint density at radius 2 is 2.11 bits per heavy atom. The smallest absolute Gasteiger partial charge is 0.309 e. The van der Waals surface area contributed by atoms with Crippen molar-refractivity contribution in [3.8, 4) is 0 Å². The number of hydrogen-bond acceptors (Lipinski definition) is 4. The van der Waals surface area contributed by atoms with E-state index in [1.807, 2.05) is 19.1 Å². The van der Waals surface area contributed by atoms with Gasteiger partial charge in [-0.25, -0.2) is 0 Å². The van der Waals surface area contributed by atoms with Crippen molar-refractivity contribution in [2.24, 2.45) is 17.8 Å². The van der Waals surface area contributed by atoms with E-state index >= 15 is 0 Å². The van der Waals surface area contributed by atoms with Crippen LogP contribution in [0.1, 0.15) is 33.1 Å². The Morgan fingerprint density at radius 1 is 1.33 bits per heavy atom. The summed E-state index contributed by atoms with van der Waals surface area (Å²) in [7, 11) is 0. The van der Waals surface area contributed by atoms with Gasteiger partial charge in [0.1, 0.15) is 6.10 Å². The molecule has 0 aromatic heterocycles. The average molecular weight is 252 g/mol. The van der Waals surface area contributed by atoms with Gasteiger partial charge >= 0.3 is 11.9 Å². The topological polar surface area (TPSA) is 52.6 Å². The van der Waals surface area contributed by atoms with Crippen molar-refractivity contribution in [3.63, 3.8) is 0 Å². The van der Waals surface area contributed by atoms with Crippen molar-refractivity contribution in [3.05, 3.63) is 12.2 Å². The Bertz CT molecular complexity index is 361. The minimum Gasteiger partial charge on any atom is -0.466 e. The van der Waals surface area contributed by atoms with Gasteiger partial charge in [0.05, 0.1) is 12.5 Å². The van der Waals surface area contributed by atoms with Crippen LogP contribution in [0.5, 0.6) is 0 Å². The van der Waals surface area contributed by atoms with Crippen molar-refractivity contribution >= 4 is 11.9 Å². The van der Waals surface area contributed by atoms with Crippen molar-refractivity contribution in [2.75, 3.05) is 6.61 Å². The number of hydrogen-bond donors (Lipinski definition) is 0. The van der Waals surface area contributed by atoms with Gasteiger partial charge in [0.25, 0.3) is 0 Å². The molecule has 2 aliphatic carbocycles. The molecule has 0 aliphatic heterocycles. The third kappa shape index (κ3) is 2.92. The zero-order chi connectivity index (χ0) is 13.1. The summed E-state index contributed by atoms with van der Waals surface area (Å²) in [5.41, 5.74) is 0. The van der Waals surface area contributed by atoms with Crippen LogP contribution in [-0.2, 0) is 19.1 Å². The van der Waals surface area contributed by atoms with Gasteiger partial charge < -0.3 is 9.47 Å². The van der Waals surface area contributed by atoms with Gasteiger partial charge in [-0.1, -0.05) is 6.08 Å². The fourth-order valence-electron chi connectivity index (χ4n) is 2.93. The number of rotatable bonds is 3. The number of carbonyl (C=O) groups is 2. The normalized spacial score (nSPS) is 35.7. The van der Waals surface area contributed by atoms with E-state index in [1.165, 1.54) is 6.92 Å². The molecule has 4 unspecified atom stereocenters. The Balaban J connectivity index is 1.96. The third-order valence-electron chi connectivity index (χ3n) is 3.73. The summed E-state index contributed by atoms with van der Waals surface area (Å²) in [6, 6.07) is 0. The fourth-order valence-corrected chi connectivity index (χ4v) is 2.93. The number of ether oxygens (including phenoxy) is 2. The Hall–Kier alpha value is -1.32. The molecule has 0 spiro atoms. The quantitative estimate of drug-likeness (QED) is 0.570. The SMILES string of the molecule is CCOC(=O)C1C2CC/C=C\C(OC(C)=O)CC21. The largest absolute Gasteiger partial charge is 0.466 e. The molecule has 4 atom stereocenters. The van der Waals surface area contributed by atoms with Gasteiger partial charge in [-0.15, -0.1) is 0 Å². The van der Waals surface area contributed by atoms with E-state index in [-0.39, 0.29) is 24.0 Å². The van der Waals surface area contributed by atoms with E-state index in [9.17, 15) is 9.59 Å². The molecule has 100 valence electrons. The monoisotopic (exact) mass is 252 g/mol. The molecule has 0 saturated heterocycles. The lowest BCUT2D eigenvalue weighted by Crippen LogP contribution is -2.16. The molecule has 2 rings (SSSR count). The first-order valence-corrected chi connectivity index (χ1v) is 6.64. The maximum atomic E-state index is 11.8. The first-order chi connectivity index (χ1) is 8.63. The molecule has 1 saturated carbocycles. The van der Waals surface area contributed by atoms with E-state index in [4.69, 9.17) is 9.47 Å². The number of esters is 2. The molecule has 0 aromatic carbocycles. The predicted molar refractivity (Wildman–Crippen MR) is 65.6 cm³/mol. The van der Waals surface area contributed by atoms with Crippen molar-refractivity contribution in [2.45, 2.75) is 39.2 Å². The van der Waals surface area contributed by atoms with E-state index in [1.54, 1.807) is 0 Å². The van der Waals surface area contributed by atoms with Crippen molar-refractivity contribution < 1.29 is 19.1 Å². The highest BCUT2D eigenvalue weighted by atomic mass is 16.5. The molecule has 4 nitrogen and oxygen atoms in total. The van der Waals surface area contributed by atoms with Gasteiger partial charge in [-0.05, 0) is 44.1 Å². The van der Waals surface area contributed by atoms with Gasteiger partial charge in [0, 0.05) is 6.92 Å². The number of allylic oxidation sites excluding steroid dienone is 1. The highest BCUT2D eigenvalue weighted by molar-refractivity contribution is 5.76. The lowest BCUT2D eigenvalue weighted by molar-refractivity contribution is -0.145. The van der Waals surface area contributed by atoms with Crippen LogP contribution < -0.4 is 0 Å². The molecule has 0 N–H and O–H groups in total.